The fourth-order valence-electron chi connectivity index (χ4n) is 3.33. The molecule has 1 fully saturated rings. The summed E-state index contributed by atoms with van der Waals surface area (Å²) in [6.07, 6.45) is 7.15. The summed E-state index contributed by atoms with van der Waals surface area (Å²) in [6, 6.07) is 1.12. The second kappa shape index (κ2) is 6.64. The van der Waals surface area contributed by atoms with Crippen LogP contribution in [0, 0.1) is 30.3 Å². The van der Waals surface area contributed by atoms with Gasteiger partial charge in [0.25, 0.3) is 0 Å². The smallest absolute Gasteiger partial charge is 0.165 e. The number of hydrogen-bond acceptors (Lipinski definition) is 0. The molecule has 0 saturated heterocycles. The molecule has 2 rings (SSSR count). The first-order valence-corrected chi connectivity index (χ1v) is 7.68. The van der Waals surface area contributed by atoms with Crippen LogP contribution in [0.4, 0.5) is 13.2 Å². The van der Waals surface area contributed by atoms with Crippen molar-refractivity contribution in [1.82, 2.24) is 0 Å². The predicted octanol–water partition coefficient (Wildman–Crippen LogP) is 5.88. The number of hydrogen-bond donors (Lipinski definition) is 0. The van der Waals surface area contributed by atoms with Gasteiger partial charge in [0.2, 0.25) is 0 Å². The third kappa shape index (κ3) is 3.18. The lowest BCUT2D eigenvalue weighted by molar-refractivity contribution is 0.294. The molecule has 112 valence electrons. The molecule has 1 aromatic rings. The molecule has 1 saturated carbocycles. The predicted molar refractivity (Wildman–Crippen MR) is 75.3 cm³/mol. The Balaban J connectivity index is 2.09. The minimum Gasteiger partial charge on any atom is -0.207 e. The van der Waals surface area contributed by atoms with Crippen molar-refractivity contribution in [1.29, 1.82) is 0 Å². The molecule has 0 heterocycles. The summed E-state index contributed by atoms with van der Waals surface area (Å²) >= 11 is 0. The Hall–Kier alpha value is -0.990. The Bertz CT molecular complexity index is 460. The molecule has 1 aromatic carbocycles. The van der Waals surface area contributed by atoms with Crippen LogP contribution in [0.2, 0.25) is 0 Å². The average molecular weight is 284 g/mol. The van der Waals surface area contributed by atoms with E-state index in [2.05, 4.69) is 6.92 Å². The molecule has 1 aliphatic rings. The van der Waals surface area contributed by atoms with Gasteiger partial charge >= 0.3 is 0 Å². The second-order valence-corrected chi connectivity index (χ2v) is 6.08. The Morgan fingerprint density at radius 2 is 1.70 bits per heavy atom. The molecule has 0 unspecified atom stereocenters. The topological polar surface area (TPSA) is 0 Å². The highest BCUT2D eigenvalue weighted by atomic mass is 19.2. The van der Waals surface area contributed by atoms with E-state index in [1.165, 1.54) is 26.2 Å². The standard InChI is InChI=1S/C17H23F3/c1-3-4-5-12-6-8-13(9-7-12)15-14(18)10-11(2)16(19)17(15)20/h10,12-13H,3-9H2,1-2H3/t12-,13-. The lowest BCUT2D eigenvalue weighted by atomic mass is 9.76. The Morgan fingerprint density at radius 1 is 1.05 bits per heavy atom. The van der Waals surface area contributed by atoms with E-state index in [1.807, 2.05) is 0 Å². The van der Waals surface area contributed by atoms with Crippen LogP contribution in [-0.4, -0.2) is 0 Å². The van der Waals surface area contributed by atoms with Gasteiger partial charge in [-0.25, -0.2) is 13.2 Å². The maximum atomic E-state index is 14.0. The van der Waals surface area contributed by atoms with Crippen molar-refractivity contribution in [2.24, 2.45) is 5.92 Å². The molecule has 0 aromatic heterocycles. The highest BCUT2D eigenvalue weighted by Crippen LogP contribution is 2.40. The van der Waals surface area contributed by atoms with E-state index in [-0.39, 0.29) is 17.0 Å². The van der Waals surface area contributed by atoms with Crippen LogP contribution in [0.5, 0.6) is 0 Å². The van der Waals surface area contributed by atoms with Gasteiger partial charge in [0.1, 0.15) is 5.82 Å². The summed E-state index contributed by atoms with van der Waals surface area (Å²) < 4.78 is 41.6. The van der Waals surface area contributed by atoms with Gasteiger partial charge in [-0.2, -0.15) is 0 Å². The highest BCUT2D eigenvalue weighted by molar-refractivity contribution is 5.30. The lowest BCUT2D eigenvalue weighted by Gasteiger charge is -2.29. The summed E-state index contributed by atoms with van der Waals surface area (Å²) in [5.74, 6) is -1.94. The van der Waals surface area contributed by atoms with Crippen molar-refractivity contribution in [2.75, 3.05) is 0 Å². The zero-order chi connectivity index (χ0) is 14.7. The molecule has 1 aliphatic carbocycles. The van der Waals surface area contributed by atoms with E-state index >= 15 is 0 Å². The molecule has 0 nitrogen and oxygen atoms in total. The van der Waals surface area contributed by atoms with Gasteiger partial charge in [0.15, 0.2) is 11.6 Å². The monoisotopic (exact) mass is 284 g/mol. The maximum absolute atomic E-state index is 14.0. The molecule has 20 heavy (non-hydrogen) atoms. The summed E-state index contributed by atoms with van der Waals surface area (Å²) in [7, 11) is 0. The summed E-state index contributed by atoms with van der Waals surface area (Å²) in [5, 5.41) is 0. The highest BCUT2D eigenvalue weighted by Gasteiger charge is 2.28. The fraction of sp³-hybridized carbons (Fsp3) is 0.647. The van der Waals surface area contributed by atoms with Gasteiger partial charge in [-0.3, -0.25) is 0 Å². The largest absolute Gasteiger partial charge is 0.207 e. The van der Waals surface area contributed by atoms with Crippen molar-refractivity contribution in [3.63, 3.8) is 0 Å². The van der Waals surface area contributed by atoms with Crippen molar-refractivity contribution in [2.45, 2.75) is 64.7 Å². The SMILES string of the molecule is CCCC[C@H]1CC[C@H](c2c(F)cc(C)c(F)c2F)CC1. The summed E-state index contributed by atoms with van der Waals surface area (Å²) in [4.78, 5) is 0. The normalized spacial score (nSPS) is 23.1. The first kappa shape index (κ1) is 15.4. The third-order valence-corrected chi connectivity index (χ3v) is 4.60. The van der Waals surface area contributed by atoms with Crippen LogP contribution in [0.15, 0.2) is 6.07 Å². The van der Waals surface area contributed by atoms with Crippen LogP contribution in [0.1, 0.15) is 68.9 Å². The van der Waals surface area contributed by atoms with Crippen LogP contribution < -0.4 is 0 Å². The van der Waals surface area contributed by atoms with Crippen molar-refractivity contribution in [3.05, 3.63) is 34.6 Å². The van der Waals surface area contributed by atoms with Gasteiger partial charge in [-0.1, -0.05) is 26.2 Å². The van der Waals surface area contributed by atoms with Gasteiger partial charge < -0.3 is 0 Å². The quantitative estimate of drug-likeness (QED) is 0.606. The number of aryl methyl sites for hydroxylation is 1. The number of rotatable bonds is 4. The zero-order valence-electron chi connectivity index (χ0n) is 12.3. The molecular weight excluding hydrogens is 261 g/mol. The van der Waals surface area contributed by atoms with Gasteiger partial charge in [-0.05, 0) is 56.1 Å². The summed E-state index contributed by atoms with van der Waals surface area (Å²) in [5.41, 5.74) is 0.0161. The zero-order valence-corrected chi connectivity index (χ0v) is 12.3. The molecule has 0 amide bonds. The lowest BCUT2D eigenvalue weighted by Crippen LogP contribution is -2.16. The Kier molecular flexibility index (Phi) is 5.11. The van der Waals surface area contributed by atoms with Crippen LogP contribution >= 0.6 is 0 Å². The number of halogens is 3. The van der Waals surface area contributed by atoms with Crippen LogP contribution in [0.25, 0.3) is 0 Å². The third-order valence-electron chi connectivity index (χ3n) is 4.60. The van der Waals surface area contributed by atoms with E-state index in [4.69, 9.17) is 0 Å². The first-order valence-electron chi connectivity index (χ1n) is 7.68. The number of benzene rings is 1. The second-order valence-electron chi connectivity index (χ2n) is 6.08. The van der Waals surface area contributed by atoms with E-state index in [9.17, 15) is 13.2 Å². The molecule has 0 bridgehead atoms. The summed E-state index contributed by atoms with van der Waals surface area (Å²) in [6.45, 7) is 3.57. The molecule has 0 spiro atoms. The van der Waals surface area contributed by atoms with Gasteiger partial charge in [-0.15, -0.1) is 0 Å². The van der Waals surface area contributed by atoms with E-state index in [0.29, 0.717) is 5.92 Å². The molecule has 3 heteroatoms. The van der Waals surface area contributed by atoms with E-state index in [0.717, 1.165) is 31.7 Å². The van der Waals surface area contributed by atoms with Gasteiger partial charge in [0.05, 0.1) is 0 Å². The van der Waals surface area contributed by atoms with E-state index < -0.39 is 17.5 Å². The number of unbranched alkanes of at least 4 members (excludes halogenated alkanes) is 1. The fourth-order valence-corrected chi connectivity index (χ4v) is 3.33. The van der Waals surface area contributed by atoms with Gasteiger partial charge in [0, 0.05) is 5.56 Å². The minimum atomic E-state index is -0.973. The Labute approximate surface area is 119 Å². The molecule has 0 radical (unpaired) electrons. The minimum absolute atomic E-state index is 0.0259. The molecule has 0 N–H and O–H groups in total. The maximum Gasteiger partial charge on any atom is 0.165 e. The first-order chi connectivity index (χ1) is 9.54. The Morgan fingerprint density at radius 3 is 2.30 bits per heavy atom. The van der Waals surface area contributed by atoms with E-state index in [1.54, 1.807) is 0 Å². The van der Waals surface area contributed by atoms with Crippen LogP contribution in [-0.2, 0) is 0 Å². The molecule has 0 atom stereocenters. The molecule has 0 aliphatic heterocycles. The van der Waals surface area contributed by atoms with Crippen molar-refractivity contribution >= 4 is 0 Å². The van der Waals surface area contributed by atoms with Crippen molar-refractivity contribution < 1.29 is 13.2 Å². The van der Waals surface area contributed by atoms with Crippen molar-refractivity contribution in [3.8, 4) is 0 Å². The molecular formula is C17H23F3. The average Bonchev–Trinajstić information content (AvgIpc) is 2.44. The van der Waals surface area contributed by atoms with Crippen LogP contribution in [0.3, 0.4) is 0 Å².